The number of aliphatic hydroxyl groups is 1. The van der Waals surface area contributed by atoms with E-state index in [1.54, 1.807) is 54.6 Å². The normalized spacial score (nSPS) is 13.5. The van der Waals surface area contributed by atoms with Crippen LogP contribution in [0.5, 0.6) is 0 Å². The van der Waals surface area contributed by atoms with Gasteiger partial charge < -0.3 is 25.6 Å². The van der Waals surface area contributed by atoms with Gasteiger partial charge in [0.1, 0.15) is 18.7 Å². The Kier molecular flexibility index (Phi) is 9.66. The summed E-state index contributed by atoms with van der Waals surface area (Å²) in [4.78, 5) is 36.3. The van der Waals surface area contributed by atoms with Crippen molar-refractivity contribution in [3.8, 4) is 0 Å². The van der Waals surface area contributed by atoms with Gasteiger partial charge in [-0.3, -0.25) is 9.00 Å². The third kappa shape index (κ3) is 8.19. The summed E-state index contributed by atoms with van der Waals surface area (Å²) in [5.41, 5.74) is 0.736. The van der Waals surface area contributed by atoms with Crippen LogP contribution in [0.2, 0.25) is 0 Å². The van der Waals surface area contributed by atoms with Crippen molar-refractivity contribution >= 4 is 28.8 Å². The van der Waals surface area contributed by atoms with E-state index in [2.05, 4.69) is 10.6 Å². The number of nitrogens with one attached hydrogen (secondary N) is 2. The van der Waals surface area contributed by atoms with Crippen LogP contribution in [-0.2, 0) is 31.7 Å². The molecule has 0 aliphatic heterocycles. The average Bonchev–Trinajstić information content (AvgIpc) is 2.79. The second-order valence-electron chi connectivity index (χ2n) is 6.49. The van der Waals surface area contributed by atoms with E-state index in [0.29, 0.717) is 4.90 Å². The van der Waals surface area contributed by atoms with Crippen molar-refractivity contribution in [1.82, 2.24) is 10.6 Å². The van der Waals surface area contributed by atoms with Crippen LogP contribution in [0.3, 0.4) is 0 Å². The van der Waals surface area contributed by atoms with Crippen LogP contribution in [0.1, 0.15) is 12.0 Å². The largest absolute Gasteiger partial charge is 0.480 e. The van der Waals surface area contributed by atoms with Crippen molar-refractivity contribution in [3.63, 3.8) is 0 Å². The van der Waals surface area contributed by atoms with E-state index in [1.165, 1.54) is 0 Å². The fourth-order valence-corrected chi connectivity index (χ4v) is 3.69. The Morgan fingerprint density at radius 2 is 1.55 bits per heavy atom. The smallest absolute Gasteiger partial charge is 0.408 e. The number of carbonyl (C=O) groups excluding carboxylic acids is 2. The van der Waals surface area contributed by atoms with Gasteiger partial charge in [0.25, 0.3) is 0 Å². The van der Waals surface area contributed by atoms with E-state index in [4.69, 9.17) is 4.74 Å². The molecule has 2 aromatic carbocycles. The molecular weight excluding hydrogens is 424 g/mol. The number of benzene rings is 2. The molecule has 0 fully saturated rings. The van der Waals surface area contributed by atoms with Crippen molar-refractivity contribution in [2.24, 2.45) is 0 Å². The lowest BCUT2D eigenvalue weighted by atomic mass is 10.2. The highest BCUT2D eigenvalue weighted by atomic mass is 32.2. The molecule has 0 saturated carbocycles. The topological polar surface area (TPSA) is 142 Å². The average molecular weight is 448 g/mol. The Balaban J connectivity index is 1.86. The number of ether oxygens (including phenoxy) is 1. The van der Waals surface area contributed by atoms with E-state index in [0.717, 1.165) is 5.56 Å². The number of carboxylic acids is 1. The van der Waals surface area contributed by atoms with E-state index < -0.39 is 47.5 Å². The SMILES string of the molecule is O=C(N[C@@H](CO)C(=O)N[C@@H](CC[S@@](=O)c1ccccc1)C(=O)O)OCc1ccccc1. The van der Waals surface area contributed by atoms with E-state index >= 15 is 0 Å². The lowest BCUT2D eigenvalue weighted by molar-refractivity contribution is -0.142. The zero-order valence-electron chi connectivity index (χ0n) is 16.6. The lowest BCUT2D eigenvalue weighted by Gasteiger charge is -2.20. The van der Waals surface area contributed by atoms with Crippen LogP contribution in [0.25, 0.3) is 0 Å². The Bertz CT molecular complexity index is 893. The molecule has 0 aromatic heterocycles. The highest BCUT2D eigenvalue weighted by Crippen LogP contribution is 2.08. The molecule has 2 rings (SSSR count). The minimum atomic E-state index is -1.43. The Labute approximate surface area is 181 Å². The summed E-state index contributed by atoms with van der Waals surface area (Å²) in [6.45, 7) is -0.788. The number of carboxylic acid groups (broad SMARTS) is 1. The van der Waals surface area contributed by atoms with Gasteiger partial charge in [-0.15, -0.1) is 0 Å². The van der Waals surface area contributed by atoms with Gasteiger partial charge in [-0.05, 0) is 24.1 Å². The first-order valence-corrected chi connectivity index (χ1v) is 10.8. The predicted molar refractivity (Wildman–Crippen MR) is 113 cm³/mol. The van der Waals surface area contributed by atoms with Crippen LogP contribution in [0.15, 0.2) is 65.6 Å². The third-order valence-corrected chi connectivity index (χ3v) is 5.62. The van der Waals surface area contributed by atoms with Crippen LogP contribution >= 0.6 is 0 Å². The molecule has 166 valence electrons. The Morgan fingerprint density at radius 1 is 0.935 bits per heavy atom. The quantitative estimate of drug-likeness (QED) is 0.402. The zero-order chi connectivity index (χ0) is 22.6. The summed E-state index contributed by atoms with van der Waals surface area (Å²) in [6, 6.07) is 14.7. The molecule has 0 aliphatic carbocycles. The highest BCUT2D eigenvalue weighted by molar-refractivity contribution is 7.85. The van der Waals surface area contributed by atoms with Crippen molar-refractivity contribution in [2.45, 2.75) is 30.0 Å². The van der Waals surface area contributed by atoms with E-state index in [9.17, 15) is 28.8 Å². The first kappa shape index (κ1) is 24.0. The number of aliphatic carboxylic acids is 1. The Hall–Kier alpha value is -3.24. The molecule has 2 aromatic rings. The number of rotatable bonds is 11. The van der Waals surface area contributed by atoms with Crippen molar-refractivity contribution < 1.29 is 33.5 Å². The van der Waals surface area contributed by atoms with Gasteiger partial charge in [-0.25, -0.2) is 9.59 Å². The van der Waals surface area contributed by atoms with E-state index in [1.807, 2.05) is 6.07 Å². The summed E-state index contributed by atoms with van der Waals surface area (Å²) in [5, 5.41) is 23.2. The van der Waals surface area contributed by atoms with Crippen LogP contribution in [-0.4, -0.2) is 56.8 Å². The van der Waals surface area contributed by atoms with Gasteiger partial charge in [0.05, 0.1) is 17.4 Å². The molecule has 9 nitrogen and oxygen atoms in total. The maximum atomic E-state index is 12.3. The molecule has 0 unspecified atom stereocenters. The Morgan fingerprint density at radius 3 is 2.13 bits per heavy atom. The molecule has 31 heavy (non-hydrogen) atoms. The first-order chi connectivity index (χ1) is 14.9. The van der Waals surface area contributed by atoms with Gasteiger partial charge >= 0.3 is 12.1 Å². The number of alkyl carbamates (subject to hydrolysis) is 1. The van der Waals surface area contributed by atoms with Crippen molar-refractivity contribution in [1.29, 1.82) is 0 Å². The van der Waals surface area contributed by atoms with Gasteiger partial charge in [-0.2, -0.15) is 0 Å². The molecule has 0 bridgehead atoms. The van der Waals surface area contributed by atoms with Crippen LogP contribution < -0.4 is 10.6 Å². The summed E-state index contributed by atoms with van der Waals surface area (Å²) in [7, 11) is -1.43. The fourth-order valence-electron chi connectivity index (χ4n) is 2.55. The molecule has 0 aliphatic rings. The molecule has 10 heteroatoms. The standard InChI is InChI=1S/C21H24N2O7S/c24-13-18(23-21(28)30-14-15-7-3-1-4-8-15)19(25)22-17(20(26)27)11-12-31(29)16-9-5-2-6-10-16/h1-10,17-18,24H,11-14H2,(H,22,25)(H,23,28)(H,26,27)/t17-,18-,31+/m0/s1. The van der Waals surface area contributed by atoms with Gasteiger partial charge in [0.2, 0.25) is 5.91 Å². The number of amides is 2. The zero-order valence-corrected chi connectivity index (χ0v) is 17.4. The number of carbonyl (C=O) groups is 3. The summed E-state index contributed by atoms with van der Waals surface area (Å²) >= 11 is 0. The molecule has 0 radical (unpaired) electrons. The third-order valence-electron chi connectivity index (χ3n) is 4.22. The molecular formula is C21H24N2O7S. The molecule has 2 amide bonds. The van der Waals surface area contributed by atoms with Crippen LogP contribution in [0.4, 0.5) is 4.79 Å². The van der Waals surface area contributed by atoms with Gasteiger partial charge in [0.15, 0.2) is 0 Å². The molecule has 3 atom stereocenters. The van der Waals surface area contributed by atoms with E-state index in [-0.39, 0.29) is 18.8 Å². The minimum absolute atomic E-state index is 0.0115. The maximum Gasteiger partial charge on any atom is 0.408 e. The second-order valence-corrected chi connectivity index (χ2v) is 8.06. The minimum Gasteiger partial charge on any atom is -0.480 e. The van der Waals surface area contributed by atoms with Gasteiger partial charge in [0, 0.05) is 10.6 Å². The number of hydrogen-bond donors (Lipinski definition) is 4. The highest BCUT2D eigenvalue weighted by Gasteiger charge is 2.27. The summed E-state index contributed by atoms with van der Waals surface area (Å²) in [5.74, 6) is -2.20. The van der Waals surface area contributed by atoms with Crippen molar-refractivity contribution in [2.75, 3.05) is 12.4 Å². The molecule has 4 N–H and O–H groups in total. The lowest BCUT2D eigenvalue weighted by Crippen LogP contribution is -2.53. The predicted octanol–water partition coefficient (Wildman–Crippen LogP) is 1.04. The van der Waals surface area contributed by atoms with Crippen LogP contribution in [0, 0.1) is 0 Å². The molecule has 0 heterocycles. The molecule has 0 saturated heterocycles. The second kappa shape index (κ2) is 12.5. The number of aliphatic hydroxyl groups excluding tert-OH is 1. The fraction of sp³-hybridized carbons (Fsp3) is 0.286. The molecule has 0 spiro atoms. The number of hydrogen-bond acceptors (Lipinski definition) is 6. The monoisotopic (exact) mass is 448 g/mol. The summed E-state index contributed by atoms with van der Waals surface area (Å²) in [6.07, 6.45) is -1.03. The first-order valence-electron chi connectivity index (χ1n) is 9.45. The summed E-state index contributed by atoms with van der Waals surface area (Å²) < 4.78 is 17.3. The maximum absolute atomic E-state index is 12.3. The van der Waals surface area contributed by atoms with Gasteiger partial charge in [-0.1, -0.05) is 48.5 Å². The van der Waals surface area contributed by atoms with Crippen molar-refractivity contribution in [3.05, 3.63) is 66.2 Å².